The van der Waals surface area contributed by atoms with E-state index >= 15 is 0 Å². The summed E-state index contributed by atoms with van der Waals surface area (Å²) in [6, 6.07) is 0. The van der Waals surface area contributed by atoms with Gasteiger partial charge in [-0.25, -0.2) is 0 Å². The summed E-state index contributed by atoms with van der Waals surface area (Å²) < 4.78 is 30.8. The Hall–Kier alpha value is 0.289. The fourth-order valence-electron chi connectivity index (χ4n) is 2.87. The van der Waals surface area contributed by atoms with Crippen molar-refractivity contribution in [2.24, 2.45) is 0 Å². The van der Waals surface area contributed by atoms with Crippen molar-refractivity contribution < 1.29 is 8.78 Å². The van der Waals surface area contributed by atoms with Crippen molar-refractivity contribution in [2.75, 3.05) is 0 Å². The first-order valence-electron chi connectivity index (χ1n) is 8.33. The van der Waals surface area contributed by atoms with E-state index in [1.165, 1.54) is 63.2 Å². The molecule has 0 saturated heterocycles. The van der Waals surface area contributed by atoms with Crippen molar-refractivity contribution >= 4 is 32.7 Å². The van der Waals surface area contributed by atoms with Gasteiger partial charge in [-0.05, 0) is 0 Å². The first-order valence-corrected chi connectivity index (χ1v) is 16.7. The quantitative estimate of drug-likeness (QED) is 0.389. The molecule has 1 nitrogen and oxygen atoms in total. The summed E-state index contributed by atoms with van der Waals surface area (Å²) in [7, 11) is 0. The Morgan fingerprint density at radius 2 is 1.48 bits per heavy atom. The maximum atomic E-state index is 12.9. The normalized spacial score (nSPS) is 12.3. The van der Waals surface area contributed by atoms with Crippen LogP contribution in [0.5, 0.6) is 0 Å². The molecular weight excluding hydrogens is 395 g/mol. The zero-order valence-corrected chi connectivity index (χ0v) is 17.3. The van der Waals surface area contributed by atoms with Crippen molar-refractivity contribution in [3.05, 3.63) is 11.1 Å². The molecule has 1 heterocycles. The van der Waals surface area contributed by atoms with Crippen molar-refractivity contribution in [3.63, 3.8) is 0 Å². The first-order chi connectivity index (χ1) is 10.1. The third-order valence-electron chi connectivity index (χ3n) is 4.23. The van der Waals surface area contributed by atoms with E-state index in [9.17, 15) is 8.78 Å². The Labute approximate surface area is 136 Å². The van der Waals surface area contributed by atoms with Crippen molar-refractivity contribution in [3.8, 4) is 0 Å². The molecule has 0 unspecified atom stereocenters. The van der Waals surface area contributed by atoms with Gasteiger partial charge in [-0.2, -0.15) is 0 Å². The number of thiazole rings is 1. The summed E-state index contributed by atoms with van der Waals surface area (Å²) in [6.07, 6.45) is 4.91. The molecule has 0 aliphatic rings. The summed E-state index contributed by atoms with van der Waals surface area (Å²) in [6.45, 7) is 6.67. The molecule has 0 aromatic carbocycles. The van der Waals surface area contributed by atoms with Gasteiger partial charge in [0.05, 0.1) is 0 Å². The van der Waals surface area contributed by atoms with E-state index in [0.717, 1.165) is 3.02 Å². The number of nitrogens with zero attached hydrogens (tertiary/aromatic N) is 1. The Morgan fingerprint density at radius 1 is 1.00 bits per heavy atom. The molecule has 1 rings (SSSR count). The molecule has 122 valence electrons. The van der Waals surface area contributed by atoms with Crippen molar-refractivity contribution in [1.82, 2.24) is 4.98 Å². The first kappa shape index (κ1) is 19.3. The summed E-state index contributed by atoms with van der Waals surface area (Å²) >= 11 is -1.02. The molecule has 21 heavy (non-hydrogen) atoms. The van der Waals surface area contributed by atoms with Gasteiger partial charge >= 0.3 is 137 Å². The standard InChI is InChI=1S/C4H2F2NS.3C4H9.Sn/c5-4(6)3-1-8-2-7-3;3*1-3-4-2;/h1,4H;3*1,3-4H2,2H3;. The van der Waals surface area contributed by atoms with Crippen LogP contribution < -0.4 is 3.02 Å². The SMILES string of the molecule is CCC[CH2][Sn]([CH2]CCC)([CH2]CCC)[c]1nc(C(F)F)cs1. The van der Waals surface area contributed by atoms with Gasteiger partial charge in [-0.1, -0.05) is 0 Å². The Balaban J connectivity index is 3.03. The molecule has 1 aromatic heterocycles. The minimum absolute atomic E-state index is 0.0144. The van der Waals surface area contributed by atoms with Gasteiger partial charge in [0.2, 0.25) is 0 Å². The monoisotopic (exact) mass is 425 g/mol. The maximum absolute atomic E-state index is 12.9. The van der Waals surface area contributed by atoms with Crippen LogP contribution in [0.15, 0.2) is 5.38 Å². The van der Waals surface area contributed by atoms with Gasteiger partial charge in [0, 0.05) is 0 Å². The van der Waals surface area contributed by atoms with Gasteiger partial charge in [-0.3, -0.25) is 0 Å². The van der Waals surface area contributed by atoms with Crippen LogP contribution in [0, 0.1) is 0 Å². The van der Waals surface area contributed by atoms with E-state index in [1.807, 2.05) is 0 Å². The molecular formula is C16H29F2NSSn. The fraction of sp³-hybridized carbons (Fsp3) is 0.812. The number of unbranched alkanes of at least 4 members (excludes halogenated alkanes) is 3. The number of rotatable bonds is 11. The predicted molar refractivity (Wildman–Crippen MR) is 91.6 cm³/mol. The van der Waals surface area contributed by atoms with Crippen molar-refractivity contribution in [1.29, 1.82) is 0 Å². The zero-order valence-electron chi connectivity index (χ0n) is 13.6. The summed E-state index contributed by atoms with van der Waals surface area (Å²) in [5.41, 5.74) is 0.0144. The van der Waals surface area contributed by atoms with Gasteiger partial charge in [-0.15, -0.1) is 0 Å². The summed E-state index contributed by atoms with van der Waals surface area (Å²) in [4.78, 5) is 4.40. The van der Waals surface area contributed by atoms with E-state index < -0.39 is 24.8 Å². The van der Waals surface area contributed by atoms with Crippen LogP contribution in [0.3, 0.4) is 0 Å². The third-order valence-corrected chi connectivity index (χ3v) is 22.9. The van der Waals surface area contributed by atoms with Crippen molar-refractivity contribution in [2.45, 2.75) is 79.0 Å². The average molecular weight is 424 g/mol. The van der Waals surface area contributed by atoms with E-state index in [2.05, 4.69) is 25.8 Å². The topological polar surface area (TPSA) is 12.9 Å². The molecule has 0 aliphatic carbocycles. The second kappa shape index (κ2) is 10.1. The van der Waals surface area contributed by atoms with E-state index in [1.54, 1.807) is 5.38 Å². The number of aromatic nitrogens is 1. The number of alkyl halides is 2. The van der Waals surface area contributed by atoms with Crippen LogP contribution in [0.1, 0.15) is 71.4 Å². The Bertz CT molecular complexity index is 374. The number of halogens is 2. The average Bonchev–Trinajstić information content (AvgIpc) is 2.97. The second-order valence-electron chi connectivity index (χ2n) is 5.97. The van der Waals surface area contributed by atoms with Crippen LogP contribution in [0.4, 0.5) is 8.78 Å². The van der Waals surface area contributed by atoms with Gasteiger partial charge in [0.1, 0.15) is 0 Å². The second-order valence-corrected chi connectivity index (χ2v) is 20.8. The summed E-state index contributed by atoms with van der Waals surface area (Å²) in [5, 5.41) is 1.61. The molecule has 5 heteroatoms. The molecule has 0 saturated carbocycles. The molecule has 0 N–H and O–H groups in total. The van der Waals surface area contributed by atoms with Crippen LogP contribution in [0.25, 0.3) is 0 Å². The minimum atomic E-state index is -2.56. The Morgan fingerprint density at radius 3 is 1.81 bits per heavy atom. The molecule has 0 atom stereocenters. The Kier molecular flexibility index (Phi) is 9.33. The van der Waals surface area contributed by atoms with Crippen LogP contribution in [-0.2, 0) is 0 Å². The summed E-state index contributed by atoms with van der Waals surface area (Å²) in [5.74, 6) is 0. The molecule has 0 bridgehead atoms. The molecule has 0 amide bonds. The number of hydrogen-bond acceptors (Lipinski definition) is 2. The predicted octanol–water partition coefficient (Wildman–Crippen LogP) is 6.14. The van der Waals surface area contributed by atoms with E-state index in [-0.39, 0.29) is 5.69 Å². The number of hydrogen-bond donors (Lipinski definition) is 0. The molecule has 0 spiro atoms. The van der Waals surface area contributed by atoms with E-state index in [0.29, 0.717) is 0 Å². The zero-order chi connectivity index (χ0) is 15.7. The molecule has 1 aromatic rings. The molecule has 0 radical (unpaired) electrons. The van der Waals surface area contributed by atoms with Gasteiger partial charge in [0.25, 0.3) is 0 Å². The third kappa shape index (κ3) is 5.77. The van der Waals surface area contributed by atoms with Gasteiger partial charge in [0.15, 0.2) is 0 Å². The molecule has 0 fully saturated rings. The van der Waals surface area contributed by atoms with Crippen LogP contribution in [0.2, 0.25) is 13.3 Å². The van der Waals surface area contributed by atoms with Crippen LogP contribution >= 0.6 is 11.3 Å². The fourth-order valence-corrected chi connectivity index (χ4v) is 22.2. The van der Waals surface area contributed by atoms with Gasteiger partial charge < -0.3 is 0 Å². The van der Waals surface area contributed by atoms with E-state index in [4.69, 9.17) is 0 Å². The van der Waals surface area contributed by atoms with Crippen LogP contribution in [-0.4, -0.2) is 23.4 Å². The molecule has 0 aliphatic heterocycles.